The average molecular weight is 549 g/mol. The second-order valence-electron chi connectivity index (χ2n) is 9.11. The lowest BCUT2D eigenvalue weighted by Gasteiger charge is -2.48. The van der Waals surface area contributed by atoms with E-state index in [1.165, 1.54) is 43.6 Å². The minimum absolute atomic E-state index is 0.0138. The number of benzene rings is 1. The number of hydrogen-bond donors (Lipinski definition) is 1. The van der Waals surface area contributed by atoms with E-state index in [1.54, 1.807) is 6.20 Å². The van der Waals surface area contributed by atoms with Gasteiger partial charge in [-0.25, -0.2) is 14.2 Å². The second-order valence-corrected chi connectivity index (χ2v) is 10.4. The summed E-state index contributed by atoms with van der Waals surface area (Å²) in [6.07, 6.45) is 2.74. The molecule has 4 heterocycles. The molecule has 2 fully saturated rings. The molecule has 5 rings (SSSR count). The van der Waals surface area contributed by atoms with Gasteiger partial charge in [-0.15, -0.1) is 11.3 Å². The first-order valence-electron chi connectivity index (χ1n) is 11.9. The number of piperidine rings is 1. The molecule has 0 radical (unpaired) electrons. The summed E-state index contributed by atoms with van der Waals surface area (Å²) in [5.74, 6) is -0.866. The molecule has 9 nitrogen and oxygen atoms in total. The van der Waals surface area contributed by atoms with Gasteiger partial charge in [0.1, 0.15) is 18.0 Å². The highest BCUT2D eigenvalue weighted by Crippen LogP contribution is 2.38. The van der Waals surface area contributed by atoms with E-state index < -0.39 is 17.8 Å². The molecule has 196 valence electrons. The van der Waals surface area contributed by atoms with Crippen LogP contribution in [0.3, 0.4) is 0 Å². The number of amidine groups is 1. The number of carbonyl (C=O) groups excluding carboxylic acids is 2. The topological polar surface area (TPSA) is 102 Å². The predicted octanol–water partition coefficient (Wildman–Crippen LogP) is 3.25. The molecule has 3 aliphatic heterocycles. The van der Waals surface area contributed by atoms with Gasteiger partial charge in [0.2, 0.25) is 0 Å². The maximum absolute atomic E-state index is 13.9. The number of esters is 2. The third-order valence-electron chi connectivity index (χ3n) is 6.73. The molecule has 0 spiro atoms. The summed E-state index contributed by atoms with van der Waals surface area (Å²) in [6, 6.07) is 3.17. The largest absolute Gasteiger partial charge is 0.466 e. The molecule has 1 aromatic carbocycles. The third-order valence-corrected chi connectivity index (χ3v) is 7.83. The fourth-order valence-corrected chi connectivity index (χ4v) is 6.04. The fraction of sp³-hybridized carbons (Fsp3) is 0.440. The lowest BCUT2D eigenvalue weighted by atomic mass is 9.90. The van der Waals surface area contributed by atoms with Crippen LogP contribution in [0.2, 0.25) is 5.02 Å². The van der Waals surface area contributed by atoms with Crippen LogP contribution >= 0.6 is 22.9 Å². The van der Waals surface area contributed by atoms with Crippen molar-refractivity contribution in [2.75, 3.05) is 26.9 Å². The van der Waals surface area contributed by atoms with Gasteiger partial charge in [-0.1, -0.05) is 17.7 Å². The minimum atomic E-state index is -0.828. The number of carbonyl (C=O) groups is 2. The Bertz CT molecular complexity index is 1240. The Balaban J connectivity index is 1.55. The summed E-state index contributed by atoms with van der Waals surface area (Å²) in [5, 5.41) is 5.95. The van der Waals surface area contributed by atoms with Crippen LogP contribution in [0.25, 0.3) is 0 Å². The van der Waals surface area contributed by atoms with Crippen LogP contribution in [-0.4, -0.2) is 72.7 Å². The molecule has 12 heteroatoms. The second kappa shape index (κ2) is 10.9. The lowest BCUT2D eigenvalue weighted by Crippen LogP contribution is -2.59. The van der Waals surface area contributed by atoms with Crippen molar-refractivity contribution in [3.63, 3.8) is 0 Å². The summed E-state index contributed by atoms with van der Waals surface area (Å²) < 4.78 is 30.4. The first-order chi connectivity index (χ1) is 17.8. The van der Waals surface area contributed by atoms with Gasteiger partial charge < -0.3 is 19.5 Å². The van der Waals surface area contributed by atoms with Crippen LogP contribution in [-0.2, 0) is 23.8 Å². The van der Waals surface area contributed by atoms with Crippen molar-refractivity contribution < 1.29 is 28.2 Å². The van der Waals surface area contributed by atoms with E-state index in [9.17, 15) is 14.0 Å². The van der Waals surface area contributed by atoms with Crippen molar-refractivity contribution in [2.24, 2.45) is 4.99 Å². The number of hydrogen-bond acceptors (Lipinski definition) is 10. The van der Waals surface area contributed by atoms with Crippen LogP contribution in [0, 0.1) is 5.82 Å². The van der Waals surface area contributed by atoms with Crippen LogP contribution in [0.5, 0.6) is 0 Å². The number of ether oxygens (including phenoxy) is 3. The van der Waals surface area contributed by atoms with Crippen molar-refractivity contribution in [2.45, 2.75) is 44.0 Å². The Labute approximate surface area is 222 Å². The van der Waals surface area contributed by atoms with Crippen LogP contribution < -0.4 is 5.32 Å². The van der Waals surface area contributed by atoms with Crippen molar-refractivity contribution in [1.82, 2.24) is 15.2 Å². The SMILES string of the molecule is COC(=O)C1=C(CN2C3COCC2CC(OC(C)=O)C3)NC(c2nccs2)=N[C@H]1c1ccc(F)cc1Cl. The number of halogens is 2. The highest BCUT2D eigenvalue weighted by Gasteiger charge is 2.42. The predicted molar refractivity (Wildman–Crippen MR) is 135 cm³/mol. The molecule has 0 aliphatic carbocycles. The molecule has 2 bridgehead atoms. The third kappa shape index (κ3) is 5.40. The van der Waals surface area contributed by atoms with E-state index in [1.807, 2.05) is 5.38 Å². The zero-order valence-corrected chi connectivity index (χ0v) is 21.9. The average Bonchev–Trinajstić information content (AvgIpc) is 3.38. The van der Waals surface area contributed by atoms with E-state index in [2.05, 4.69) is 15.2 Å². The van der Waals surface area contributed by atoms with Gasteiger partial charge in [0, 0.05) is 66.3 Å². The summed E-state index contributed by atoms with van der Waals surface area (Å²) in [6.45, 7) is 2.75. The molecular weight excluding hydrogens is 523 g/mol. The summed E-state index contributed by atoms with van der Waals surface area (Å²) in [5.41, 5.74) is 1.37. The zero-order chi connectivity index (χ0) is 26.1. The zero-order valence-electron chi connectivity index (χ0n) is 20.3. The Morgan fingerprint density at radius 3 is 2.68 bits per heavy atom. The number of nitrogens with one attached hydrogen (secondary N) is 1. The molecule has 3 atom stereocenters. The van der Waals surface area contributed by atoms with E-state index in [0.717, 1.165) is 0 Å². The monoisotopic (exact) mass is 548 g/mol. The van der Waals surface area contributed by atoms with E-state index in [-0.39, 0.29) is 34.8 Å². The van der Waals surface area contributed by atoms with Crippen LogP contribution in [0.4, 0.5) is 4.39 Å². The quantitative estimate of drug-likeness (QED) is 0.549. The van der Waals surface area contributed by atoms with Crippen molar-refractivity contribution >= 4 is 40.7 Å². The molecule has 37 heavy (non-hydrogen) atoms. The minimum Gasteiger partial charge on any atom is -0.466 e. The number of morpholine rings is 1. The molecule has 0 amide bonds. The van der Waals surface area contributed by atoms with Gasteiger partial charge in [-0.05, 0) is 12.1 Å². The van der Waals surface area contributed by atoms with Crippen molar-refractivity contribution in [3.05, 3.63) is 62.5 Å². The fourth-order valence-electron chi connectivity index (χ4n) is 5.18. The molecule has 1 aromatic heterocycles. The van der Waals surface area contributed by atoms with E-state index in [0.29, 0.717) is 54.7 Å². The summed E-state index contributed by atoms with van der Waals surface area (Å²) >= 11 is 7.84. The van der Waals surface area contributed by atoms with Gasteiger partial charge in [-0.3, -0.25) is 14.7 Å². The molecule has 0 saturated carbocycles. The summed E-state index contributed by atoms with van der Waals surface area (Å²) in [4.78, 5) is 36.2. The number of aliphatic imine (C=N–C) groups is 1. The molecular formula is C25H26ClFN4O5S. The lowest BCUT2D eigenvalue weighted by molar-refractivity contribution is -0.158. The number of thiazole rings is 1. The Hall–Kier alpha value is -2.86. The summed E-state index contributed by atoms with van der Waals surface area (Å²) in [7, 11) is 1.31. The molecule has 2 aromatic rings. The Morgan fingerprint density at radius 1 is 1.30 bits per heavy atom. The number of methoxy groups -OCH3 is 1. The number of fused-ring (bicyclic) bond motifs is 2. The first-order valence-corrected chi connectivity index (χ1v) is 13.1. The van der Waals surface area contributed by atoms with Gasteiger partial charge in [0.05, 0.1) is 25.9 Å². The van der Waals surface area contributed by atoms with E-state index in [4.69, 9.17) is 30.8 Å². The number of aromatic nitrogens is 1. The molecule has 3 aliphatic rings. The van der Waals surface area contributed by atoms with E-state index >= 15 is 0 Å². The van der Waals surface area contributed by atoms with Gasteiger partial charge in [0.15, 0.2) is 10.8 Å². The maximum atomic E-state index is 13.9. The highest BCUT2D eigenvalue weighted by atomic mass is 35.5. The molecule has 2 saturated heterocycles. The maximum Gasteiger partial charge on any atom is 0.338 e. The normalized spacial score (nSPS) is 25.8. The van der Waals surface area contributed by atoms with Crippen LogP contribution in [0.15, 0.2) is 46.0 Å². The molecule has 1 N–H and O–H groups in total. The standard InChI is InChI=1S/C25H26ClFN4O5S/c1-13(32)36-17-8-15-11-35-12-16(9-17)31(15)10-20-21(25(33)34-2)22(18-4-3-14(27)7-19(18)26)30-23(29-20)24-28-5-6-37-24/h3-7,15-17,22H,8-12H2,1-2H3,(H,29,30)/t15?,16?,17?,22-/m0/s1. The smallest absolute Gasteiger partial charge is 0.338 e. The van der Waals surface area contributed by atoms with Crippen molar-refractivity contribution in [3.8, 4) is 0 Å². The van der Waals surface area contributed by atoms with Gasteiger partial charge in [-0.2, -0.15) is 0 Å². The Morgan fingerprint density at radius 2 is 2.05 bits per heavy atom. The van der Waals surface area contributed by atoms with Gasteiger partial charge >= 0.3 is 11.9 Å². The van der Waals surface area contributed by atoms with Gasteiger partial charge in [0.25, 0.3) is 0 Å². The van der Waals surface area contributed by atoms with Crippen LogP contribution in [0.1, 0.15) is 36.4 Å². The Kier molecular flexibility index (Phi) is 7.57. The first kappa shape index (κ1) is 25.8. The number of nitrogens with zero attached hydrogens (tertiary/aromatic N) is 3. The van der Waals surface area contributed by atoms with Crippen molar-refractivity contribution in [1.29, 1.82) is 0 Å². The highest BCUT2D eigenvalue weighted by molar-refractivity contribution is 7.11. The number of rotatable bonds is 6. The molecule has 2 unspecified atom stereocenters.